The smallest absolute Gasteiger partial charge is 0.0557 e. The first-order valence-corrected chi connectivity index (χ1v) is 15.3. The highest BCUT2D eigenvalue weighted by Crippen LogP contribution is 2.10. The maximum atomic E-state index is 3.13. The fourth-order valence-corrected chi connectivity index (χ4v) is 6.94. The van der Waals surface area contributed by atoms with Crippen LogP contribution in [0.15, 0.2) is 0 Å². The molecule has 6 heteroatoms. The molecule has 0 bridgehead atoms. The van der Waals surface area contributed by atoms with Crippen molar-refractivity contribution >= 4 is 70.6 Å². The average Bonchev–Trinajstić information content (AvgIpc) is 2.65. The fourth-order valence-electron chi connectivity index (χ4n) is 1.49. The molecule has 0 spiro atoms. The van der Waals surface area contributed by atoms with E-state index in [1.807, 2.05) is 70.6 Å². The molecule has 0 radical (unpaired) electrons. The molecule has 0 saturated heterocycles. The quantitative estimate of drug-likeness (QED) is 0.492. The lowest BCUT2D eigenvalue weighted by Crippen LogP contribution is -1.91. The Hall–Kier alpha value is 0.340. The number of hydrogen-bond donors (Lipinski definition) is 0. The third-order valence-electron chi connectivity index (χ3n) is 2.66. The van der Waals surface area contributed by atoms with Gasteiger partial charge in [0.15, 0.2) is 0 Å². The minimum Gasteiger partial charge on any atom is -0.160 e. The molecule has 1 heterocycles. The van der Waals surface area contributed by atoms with Crippen LogP contribution in [0.5, 0.6) is 0 Å². The van der Waals surface area contributed by atoms with E-state index in [0.29, 0.717) is 0 Å². The summed E-state index contributed by atoms with van der Waals surface area (Å²) < 4.78 is 0. The van der Waals surface area contributed by atoms with E-state index in [9.17, 15) is 0 Å². The highest BCUT2D eigenvalue weighted by molar-refractivity contribution is 8.05. The van der Waals surface area contributed by atoms with Crippen molar-refractivity contribution in [1.29, 1.82) is 0 Å². The van der Waals surface area contributed by atoms with E-state index in [1.54, 1.807) is 0 Å². The molecule has 0 aliphatic carbocycles. The van der Waals surface area contributed by atoms with Crippen LogP contribution in [-0.2, 0) is 0 Å². The predicted octanol–water partition coefficient (Wildman–Crippen LogP) is 4.41. The SMILES string of the molecule is C1#CCSCCSCCSCC#CC#CCSCCSCCSCC#C1. The van der Waals surface area contributed by atoms with Gasteiger partial charge in [0.25, 0.3) is 0 Å². The van der Waals surface area contributed by atoms with Crippen molar-refractivity contribution in [3.05, 3.63) is 0 Å². The first-order valence-electron chi connectivity index (χ1n) is 8.38. The molecule has 1 aliphatic rings. The minimum absolute atomic E-state index is 0.891. The third kappa shape index (κ3) is 19.1. The van der Waals surface area contributed by atoms with Crippen LogP contribution in [0, 0.1) is 47.4 Å². The normalized spacial score (nSPS) is 19.1. The van der Waals surface area contributed by atoms with Crippen LogP contribution in [0.1, 0.15) is 0 Å². The highest BCUT2D eigenvalue weighted by atomic mass is 32.2. The molecule has 0 amide bonds. The van der Waals surface area contributed by atoms with E-state index in [2.05, 4.69) is 47.4 Å². The van der Waals surface area contributed by atoms with Crippen molar-refractivity contribution < 1.29 is 0 Å². The molecule has 0 fully saturated rings. The molecular weight excluding hydrogens is 433 g/mol. The first-order chi connectivity index (χ1) is 13.0. The zero-order chi connectivity index (χ0) is 18.4. The van der Waals surface area contributed by atoms with Crippen LogP contribution in [0.3, 0.4) is 0 Å². The molecule has 0 N–H and O–H groups in total. The average molecular weight is 457 g/mol. The lowest BCUT2D eigenvalue weighted by Gasteiger charge is -1.99. The summed E-state index contributed by atoms with van der Waals surface area (Å²) in [4.78, 5) is 0. The lowest BCUT2D eigenvalue weighted by atomic mass is 10.6. The van der Waals surface area contributed by atoms with Crippen molar-refractivity contribution in [3.63, 3.8) is 0 Å². The molecule has 140 valence electrons. The molecule has 0 aromatic rings. The summed E-state index contributed by atoms with van der Waals surface area (Å²) in [5.74, 6) is 37.4. The molecule has 1 aliphatic heterocycles. The third-order valence-corrected chi connectivity index (χ3v) is 9.03. The summed E-state index contributed by atoms with van der Waals surface area (Å²) >= 11 is 11.6. The van der Waals surface area contributed by atoms with Gasteiger partial charge in [-0.1, -0.05) is 23.7 Å². The van der Waals surface area contributed by atoms with Gasteiger partial charge in [-0.25, -0.2) is 0 Å². The van der Waals surface area contributed by atoms with Gasteiger partial charge in [0, 0.05) is 46.0 Å². The van der Waals surface area contributed by atoms with Crippen LogP contribution in [0.4, 0.5) is 0 Å². The van der Waals surface area contributed by atoms with Gasteiger partial charge in [0.1, 0.15) is 0 Å². The molecule has 26 heavy (non-hydrogen) atoms. The summed E-state index contributed by atoms with van der Waals surface area (Å²) in [6.07, 6.45) is 0. The van der Waals surface area contributed by atoms with Crippen molar-refractivity contribution in [2.75, 3.05) is 69.0 Å². The van der Waals surface area contributed by atoms with Crippen LogP contribution >= 0.6 is 70.6 Å². The zero-order valence-electron chi connectivity index (χ0n) is 14.9. The monoisotopic (exact) mass is 456 g/mol. The molecular formula is C20H24S6. The van der Waals surface area contributed by atoms with Crippen LogP contribution in [0.2, 0.25) is 0 Å². The maximum absolute atomic E-state index is 3.13. The second-order valence-electron chi connectivity index (χ2n) is 4.64. The topological polar surface area (TPSA) is 0 Å². The second-order valence-corrected chi connectivity index (χ2v) is 11.5. The largest absolute Gasteiger partial charge is 0.160 e. The van der Waals surface area contributed by atoms with Gasteiger partial charge in [-0.15, -0.1) is 47.0 Å². The molecule has 0 aromatic heterocycles. The standard InChI is InChI=1S/C20H24S6/c1-2-6-10-22-14-18-26-20-16-24-12-8-4-3-7-11-23-15-19-25-17-13-21-9-5-1/h9-20H2. The van der Waals surface area contributed by atoms with Crippen LogP contribution in [0.25, 0.3) is 0 Å². The number of thioether (sulfide) groups is 6. The Labute approximate surface area is 185 Å². The lowest BCUT2D eigenvalue weighted by molar-refractivity contribution is 1.49. The van der Waals surface area contributed by atoms with Gasteiger partial charge >= 0.3 is 0 Å². The van der Waals surface area contributed by atoms with Gasteiger partial charge in [0.05, 0.1) is 23.0 Å². The molecule has 0 nitrogen and oxygen atoms in total. The Morgan fingerprint density at radius 3 is 0.808 bits per heavy atom. The Kier molecular flexibility index (Phi) is 20.3. The molecule has 0 aromatic carbocycles. The van der Waals surface area contributed by atoms with E-state index in [-0.39, 0.29) is 0 Å². The van der Waals surface area contributed by atoms with E-state index in [1.165, 1.54) is 46.0 Å². The van der Waals surface area contributed by atoms with Crippen molar-refractivity contribution in [1.82, 2.24) is 0 Å². The summed E-state index contributed by atoms with van der Waals surface area (Å²) in [6.45, 7) is 0. The Morgan fingerprint density at radius 2 is 0.538 bits per heavy atom. The van der Waals surface area contributed by atoms with Gasteiger partial charge in [-0.3, -0.25) is 0 Å². The van der Waals surface area contributed by atoms with Crippen molar-refractivity contribution in [2.24, 2.45) is 0 Å². The molecule has 0 atom stereocenters. The van der Waals surface area contributed by atoms with Crippen LogP contribution in [-0.4, -0.2) is 69.0 Å². The van der Waals surface area contributed by atoms with E-state index in [0.717, 1.165) is 23.0 Å². The zero-order valence-corrected chi connectivity index (χ0v) is 19.8. The first kappa shape index (κ1) is 24.4. The summed E-state index contributed by atoms with van der Waals surface area (Å²) in [7, 11) is 0. The number of hydrogen-bond acceptors (Lipinski definition) is 6. The molecule has 1 rings (SSSR count). The Bertz CT molecular complexity index is 479. The second kappa shape index (κ2) is 21.6. The fraction of sp³-hybridized carbons (Fsp3) is 0.600. The van der Waals surface area contributed by atoms with Gasteiger partial charge in [0.2, 0.25) is 0 Å². The summed E-state index contributed by atoms with van der Waals surface area (Å²) in [5, 5.41) is 0. The van der Waals surface area contributed by atoms with E-state index >= 15 is 0 Å². The highest BCUT2D eigenvalue weighted by Gasteiger charge is 1.92. The van der Waals surface area contributed by atoms with Gasteiger partial charge in [-0.2, -0.15) is 23.5 Å². The van der Waals surface area contributed by atoms with Crippen LogP contribution < -0.4 is 0 Å². The van der Waals surface area contributed by atoms with Gasteiger partial charge < -0.3 is 0 Å². The summed E-state index contributed by atoms with van der Waals surface area (Å²) in [6, 6.07) is 0. The summed E-state index contributed by atoms with van der Waals surface area (Å²) in [5.41, 5.74) is 0. The van der Waals surface area contributed by atoms with Crippen molar-refractivity contribution in [3.8, 4) is 47.4 Å². The Morgan fingerprint density at radius 1 is 0.308 bits per heavy atom. The molecule has 0 unspecified atom stereocenters. The minimum atomic E-state index is 0.891. The Balaban J connectivity index is 2.23. The molecule has 0 saturated carbocycles. The van der Waals surface area contributed by atoms with E-state index in [4.69, 9.17) is 0 Å². The predicted molar refractivity (Wildman–Crippen MR) is 135 cm³/mol. The number of rotatable bonds is 0. The van der Waals surface area contributed by atoms with E-state index < -0.39 is 0 Å². The maximum Gasteiger partial charge on any atom is 0.0557 e. The van der Waals surface area contributed by atoms with Gasteiger partial charge in [-0.05, 0) is 23.7 Å². The van der Waals surface area contributed by atoms with Crippen molar-refractivity contribution in [2.45, 2.75) is 0 Å².